The summed E-state index contributed by atoms with van der Waals surface area (Å²) in [7, 11) is 0. The average molecular weight is 248 g/mol. The number of amides is 2. The fourth-order valence-electron chi connectivity index (χ4n) is 1.40. The number of nitrogens with one attached hydrogen (secondary N) is 2. The maximum Gasteiger partial charge on any atom is 0.251 e. The summed E-state index contributed by atoms with van der Waals surface area (Å²) in [6.45, 7) is 6.75. The normalized spacial score (nSPS) is 10.2. The minimum absolute atomic E-state index is 0.0604. The van der Waals surface area contributed by atoms with Crippen molar-refractivity contribution in [3.8, 4) is 0 Å². The van der Waals surface area contributed by atoms with Crippen molar-refractivity contribution < 1.29 is 9.59 Å². The smallest absolute Gasteiger partial charge is 0.251 e. The fraction of sp³-hybridized carbons (Fsp3) is 0.429. The van der Waals surface area contributed by atoms with E-state index >= 15 is 0 Å². The van der Waals surface area contributed by atoms with E-state index in [1.54, 1.807) is 12.1 Å². The SMILES string of the molecule is CC(=O)NCc1ccc(C(=O)NCC(C)C)cc1. The van der Waals surface area contributed by atoms with Gasteiger partial charge >= 0.3 is 0 Å². The summed E-state index contributed by atoms with van der Waals surface area (Å²) < 4.78 is 0. The molecule has 0 bridgehead atoms. The number of carbonyl (C=O) groups excluding carboxylic acids is 2. The quantitative estimate of drug-likeness (QED) is 0.833. The lowest BCUT2D eigenvalue weighted by atomic mass is 10.1. The van der Waals surface area contributed by atoms with Crippen LogP contribution in [0, 0.1) is 5.92 Å². The standard InChI is InChI=1S/C14H20N2O2/c1-10(2)8-16-14(18)13-6-4-12(5-7-13)9-15-11(3)17/h4-7,10H,8-9H2,1-3H3,(H,15,17)(H,16,18). The lowest BCUT2D eigenvalue weighted by molar-refractivity contribution is -0.119. The van der Waals surface area contributed by atoms with Crippen molar-refractivity contribution in [2.45, 2.75) is 27.3 Å². The van der Waals surface area contributed by atoms with Crippen LogP contribution in [0.15, 0.2) is 24.3 Å². The van der Waals surface area contributed by atoms with Gasteiger partial charge in [0.05, 0.1) is 0 Å². The predicted molar refractivity (Wildman–Crippen MR) is 71.1 cm³/mol. The molecule has 1 rings (SSSR count). The topological polar surface area (TPSA) is 58.2 Å². The van der Waals surface area contributed by atoms with Gasteiger partial charge in [0.25, 0.3) is 5.91 Å². The van der Waals surface area contributed by atoms with E-state index in [2.05, 4.69) is 24.5 Å². The first-order valence-electron chi connectivity index (χ1n) is 6.10. The molecule has 2 amide bonds. The van der Waals surface area contributed by atoms with Crippen molar-refractivity contribution in [1.29, 1.82) is 0 Å². The third kappa shape index (κ3) is 4.99. The van der Waals surface area contributed by atoms with Crippen LogP contribution in [0.2, 0.25) is 0 Å². The van der Waals surface area contributed by atoms with Gasteiger partial charge in [0.2, 0.25) is 5.91 Å². The molecule has 0 heterocycles. The van der Waals surface area contributed by atoms with Crippen LogP contribution in [0.5, 0.6) is 0 Å². The highest BCUT2D eigenvalue weighted by molar-refractivity contribution is 5.94. The summed E-state index contributed by atoms with van der Waals surface area (Å²) in [6.07, 6.45) is 0. The molecular weight excluding hydrogens is 228 g/mol. The van der Waals surface area contributed by atoms with E-state index in [1.807, 2.05) is 12.1 Å². The highest BCUT2D eigenvalue weighted by atomic mass is 16.2. The third-order valence-corrected chi connectivity index (χ3v) is 2.43. The Morgan fingerprint density at radius 1 is 1.11 bits per heavy atom. The Kier molecular flexibility index (Phi) is 5.36. The van der Waals surface area contributed by atoms with Gasteiger partial charge in [-0.1, -0.05) is 26.0 Å². The van der Waals surface area contributed by atoms with Crippen LogP contribution >= 0.6 is 0 Å². The molecule has 4 nitrogen and oxygen atoms in total. The molecule has 0 saturated heterocycles. The van der Waals surface area contributed by atoms with Crippen LogP contribution in [0.3, 0.4) is 0 Å². The summed E-state index contributed by atoms with van der Waals surface area (Å²) in [5.74, 6) is 0.316. The zero-order valence-corrected chi connectivity index (χ0v) is 11.1. The van der Waals surface area contributed by atoms with Gasteiger partial charge in [-0.15, -0.1) is 0 Å². The molecule has 4 heteroatoms. The van der Waals surface area contributed by atoms with Crippen molar-refractivity contribution in [3.05, 3.63) is 35.4 Å². The zero-order valence-electron chi connectivity index (χ0n) is 11.1. The van der Waals surface area contributed by atoms with Gasteiger partial charge < -0.3 is 10.6 Å². The Bertz CT molecular complexity index is 410. The van der Waals surface area contributed by atoms with Crippen LogP contribution in [-0.2, 0) is 11.3 Å². The van der Waals surface area contributed by atoms with E-state index in [9.17, 15) is 9.59 Å². The van der Waals surface area contributed by atoms with Gasteiger partial charge in [0.15, 0.2) is 0 Å². The maximum absolute atomic E-state index is 11.7. The maximum atomic E-state index is 11.7. The monoisotopic (exact) mass is 248 g/mol. The Morgan fingerprint density at radius 3 is 2.22 bits per heavy atom. The van der Waals surface area contributed by atoms with Gasteiger partial charge in [-0.3, -0.25) is 9.59 Å². The molecule has 98 valence electrons. The Labute approximate surface area is 108 Å². The molecule has 0 spiro atoms. The molecule has 0 unspecified atom stereocenters. The van der Waals surface area contributed by atoms with Crippen molar-refractivity contribution in [1.82, 2.24) is 10.6 Å². The average Bonchev–Trinajstić information content (AvgIpc) is 2.34. The highest BCUT2D eigenvalue weighted by Gasteiger charge is 2.05. The summed E-state index contributed by atoms with van der Waals surface area (Å²) >= 11 is 0. The lowest BCUT2D eigenvalue weighted by Crippen LogP contribution is -2.27. The minimum atomic E-state index is -0.0613. The highest BCUT2D eigenvalue weighted by Crippen LogP contribution is 2.04. The molecule has 0 aliphatic rings. The first-order valence-corrected chi connectivity index (χ1v) is 6.10. The Hall–Kier alpha value is -1.84. The molecule has 0 radical (unpaired) electrons. The van der Waals surface area contributed by atoms with Gasteiger partial charge in [-0.05, 0) is 23.6 Å². The van der Waals surface area contributed by atoms with E-state index < -0.39 is 0 Å². The Morgan fingerprint density at radius 2 is 1.72 bits per heavy atom. The number of hydrogen-bond acceptors (Lipinski definition) is 2. The molecule has 1 aromatic rings. The first kappa shape index (κ1) is 14.2. The van der Waals surface area contributed by atoms with Crippen LogP contribution in [0.25, 0.3) is 0 Å². The molecule has 18 heavy (non-hydrogen) atoms. The van der Waals surface area contributed by atoms with E-state index in [1.165, 1.54) is 6.92 Å². The number of carbonyl (C=O) groups is 2. The van der Waals surface area contributed by atoms with Crippen molar-refractivity contribution in [2.24, 2.45) is 5.92 Å². The number of hydrogen-bond donors (Lipinski definition) is 2. The second-order valence-electron chi connectivity index (χ2n) is 4.71. The van der Waals surface area contributed by atoms with E-state index in [0.29, 0.717) is 24.6 Å². The van der Waals surface area contributed by atoms with Crippen LogP contribution < -0.4 is 10.6 Å². The van der Waals surface area contributed by atoms with Crippen molar-refractivity contribution in [3.63, 3.8) is 0 Å². The third-order valence-electron chi connectivity index (χ3n) is 2.43. The van der Waals surface area contributed by atoms with Crippen LogP contribution in [0.4, 0.5) is 0 Å². The van der Waals surface area contributed by atoms with Crippen LogP contribution in [0.1, 0.15) is 36.7 Å². The van der Waals surface area contributed by atoms with Gasteiger partial charge in [-0.2, -0.15) is 0 Å². The first-order chi connectivity index (χ1) is 8.49. The molecule has 0 aromatic heterocycles. The minimum Gasteiger partial charge on any atom is -0.352 e. The number of benzene rings is 1. The summed E-state index contributed by atoms with van der Waals surface area (Å²) in [5, 5.41) is 5.57. The van der Waals surface area contributed by atoms with Crippen LogP contribution in [-0.4, -0.2) is 18.4 Å². The second kappa shape index (κ2) is 6.79. The molecular formula is C14H20N2O2. The van der Waals surface area contributed by atoms with E-state index in [-0.39, 0.29) is 11.8 Å². The summed E-state index contributed by atoms with van der Waals surface area (Å²) in [4.78, 5) is 22.5. The van der Waals surface area contributed by atoms with Crippen molar-refractivity contribution >= 4 is 11.8 Å². The molecule has 0 aliphatic carbocycles. The summed E-state index contributed by atoms with van der Waals surface area (Å²) in [5.41, 5.74) is 1.62. The zero-order chi connectivity index (χ0) is 13.5. The summed E-state index contributed by atoms with van der Waals surface area (Å²) in [6, 6.07) is 7.24. The van der Waals surface area contributed by atoms with E-state index in [4.69, 9.17) is 0 Å². The molecule has 0 aliphatic heterocycles. The van der Waals surface area contributed by atoms with Gasteiger partial charge in [-0.25, -0.2) is 0 Å². The largest absolute Gasteiger partial charge is 0.352 e. The number of rotatable bonds is 5. The van der Waals surface area contributed by atoms with Gasteiger partial charge in [0, 0.05) is 25.6 Å². The second-order valence-corrected chi connectivity index (χ2v) is 4.71. The van der Waals surface area contributed by atoms with Gasteiger partial charge in [0.1, 0.15) is 0 Å². The van der Waals surface area contributed by atoms with E-state index in [0.717, 1.165) is 5.56 Å². The lowest BCUT2D eigenvalue weighted by Gasteiger charge is -2.08. The molecule has 0 saturated carbocycles. The van der Waals surface area contributed by atoms with Crippen molar-refractivity contribution in [2.75, 3.05) is 6.54 Å². The Balaban J connectivity index is 2.53. The molecule has 0 fully saturated rings. The molecule has 1 aromatic carbocycles. The predicted octanol–water partition coefficient (Wildman–Crippen LogP) is 1.71. The fourth-order valence-corrected chi connectivity index (χ4v) is 1.40. The molecule has 2 N–H and O–H groups in total. The molecule has 0 atom stereocenters.